The molecule has 0 aromatic heterocycles. The van der Waals surface area contributed by atoms with Gasteiger partial charge in [0.25, 0.3) is 5.91 Å². The smallest absolute Gasteiger partial charge is 0.253 e. The molecular weight excluding hydrogens is 370 g/mol. The van der Waals surface area contributed by atoms with Gasteiger partial charge in [0, 0.05) is 37.8 Å². The monoisotopic (exact) mass is 401 g/mol. The van der Waals surface area contributed by atoms with E-state index in [-0.39, 0.29) is 23.8 Å². The minimum atomic E-state index is -0.346. The molecule has 1 saturated heterocycles. The van der Waals surface area contributed by atoms with Crippen molar-refractivity contribution in [2.75, 3.05) is 31.6 Å². The molecule has 29 heavy (non-hydrogen) atoms. The number of rotatable bonds is 9. The molecule has 158 valence electrons. The number of carbonyl (C=O) groups excluding carboxylic acids is 2. The number of benzene rings is 1. The summed E-state index contributed by atoms with van der Waals surface area (Å²) in [4.78, 5) is 28.5. The van der Waals surface area contributed by atoms with E-state index in [0.29, 0.717) is 32.2 Å². The van der Waals surface area contributed by atoms with Gasteiger partial charge in [0.05, 0.1) is 6.54 Å². The molecule has 1 aromatic rings. The Morgan fingerprint density at radius 1 is 1.10 bits per heavy atom. The summed E-state index contributed by atoms with van der Waals surface area (Å²) in [6, 6.07) is 7.68. The Balaban J connectivity index is 1.47. The second-order valence-electron chi connectivity index (χ2n) is 7.38. The standard InChI is InChI=1S/C21H31N5O3/c1-2-22-21(24-11-10-23-19(27)16-8-9-16)25-14-15-5-3-6-17(13-15)26-20(28)18-7-4-12-29-18/h3,5-6,13,16,18H,2,4,7-12,14H2,1H3,(H,23,27)(H,26,28)(H2,22,24,25). The van der Waals surface area contributed by atoms with Crippen LogP contribution in [0.2, 0.25) is 0 Å². The van der Waals surface area contributed by atoms with Gasteiger partial charge in [-0.2, -0.15) is 0 Å². The molecule has 0 bridgehead atoms. The van der Waals surface area contributed by atoms with E-state index >= 15 is 0 Å². The van der Waals surface area contributed by atoms with Crippen LogP contribution in [-0.2, 0) is 20.9 Å². The highest BCUT2D eigenvalue weighted by Gasteiger charge is 2.29. The first-order valence-electron chi connectivity index (χ1n) is 10.5. The molecule has 8 nitrogen and oxygen atoms in total. The summed E-state index contributed by atoms with van der Waals surface area (Å²) in [7, 11) is 0. The van der Waals surface area contributed by atoms with Crippen LogP contribution in [0.25, 0.3) is 0 Å². The van der Waals surface area contributed by atoms with Crippen molar-refractivity contribution in [2.24, 2.45) is 10.9 Å². The van der Waals surface area contributed by atoms with Gasteiger partial charge in [-0.1, -0.05) is 12.1 Å². The lowest BCUT2D eigenvalue weighted by Gasteiger charge is -2.13. The third-order valence-corrected chi connectivity index (χ3v) is 4.85. The van der Waals surface area contributed by atoms with Crippen molar-refractivity contribution >= 4 is 23.5 Å². The minimum absolute atomic E-state index is 0.0913. The molecule has 3 rings (SSSR count). The maximum Gasteiger partial charge on any atom is 0.253 e. The Kier molecular flexibility index (Phi) is 7.86. The van der Waals surface area contributed by atoms with Gasteiger partial charge in [0.2, 0.25) is 5.91 Å². The number of guanidine groups is 1. The van der Waals surface area contributed by atoms with Gasteiger partial charge in [0.1, 0.15) is 6.10 Å². The molecule has 4 N–H and O–H groups in total. The number of anilines is 1. The Bertz CT molecular complexity index is 727. The van der Waals surface area contributed by atoms with Crippen molar-refractivity contribution < 1.29 is 14.3 Å². The molecule has 2 amide bonds. The summed E-state index contributed by atoms with van der Waals surface area (Å²) < 4.78 is 5.42. The number of amides is 2. The highest BCUT2D eigenvalue weighted by atomic mass is 16.5. The number of hydrogen-bond donors (Lipinski definition) is 4. The first kappa shape index (κ1) is 21.1. The van der Waals surface area contributed by atoms with Crippen LogP contribution in [0.4, 0.5) is 5.69 Å². The summed E-state index contributed by atoms with van der Waals surface area (Å²) in [5.74, 6) is 0.980. The third kappa shape index (κ3) is 7.05. The van der Waals surface area contributed by atoms with E-state index in [0.717, 1.165) is 43.5 Å². The average molecular weight is 402 g/mol. The maximum absolute atomic E-state index is 12.2. The predicted molar refractivity (Wildman–Crippen MR) is 113 cm³/mol. The van der Waals surface area contributed by atoms with Crippen LogP contribution in [0.15, 0.2) is 29.3 Å². The molecule has 1 aliphatic carbocycles. The lowest BCUT2D eigenvalue weighted by atomic mass is 10.2. The fraction of sp³-hybridized carbons (Fsp3) is 0.571. The second kappa shape index (κ2) is 10.8. The lowest BCUT2D eigenvalue weighted by molar-refractivity contribution is -0.124. The van der Waals surface area contributed by atoms with E-state index in [1.807, 2.05) is 31.2 Å². The Morgan fingerprint density at radius 3 is 2.66 bits per heavy atom. The van der Waals surface area contributed by atoms with E-state index in [1.165, 1.54) is 0 Å². The van der Waals surface area contributed by atoms with Crippen LogP contribution < -0.4 is 21.3 Å². The number of ether oxygens (including phenoxy) is 1. The molecular formula is C21H31N5O3. The maximum atomic E-state index is 12.2. The largest absolute Gasteiger partial charge is 0.368 e. The number of hydrogen-bond acceptors (Lipinski definition) is 4. The predicted octanol–water partition coefficient (Wildman–Crippen LogP) is 1.39. The summed E-state index contributed by atoms with van der Waals surface area (Å²) in [6.07, 6.45) is 3.38. The number of nitrogens with zero attached hydrogens (tertiary/aromatic N) is 1. The molecule has 2 aliphatic rings. The number of aliphatic imine (C=N–C) groups is 1. The minimum Gasteiger partial charge on any atom is -0.368 e. The number of carbonyl (C=O) groups is 2. The summed E-state index contributed by atoms with van der Waals surface area (Å²) in [5.41, 5.74) is 1.74. The molecule has 1 saturated carbocycles. The highest BCUT2D eigenvalue weighted by molar-refractivity contribution is 5.94. The van der Waals surface area contributed by atoms with Crippen LogP contribution in [0.5, 0.6) is 0 Å². The summed E-state index contributed by atoms with van der Waals surface area (Å²) >= 11 is 0. The van der Waals surface area contributed by atoms with Crippen molar-refractivity contribution in [3.8, 4) is 0 Å². The molecule has 1 heterocycles. The topological polar surface area (TPSA) is 104 Å². The van der Waals surface area contributed by atoms with Crippen molar-refractivity contribution in [1.29, 1.82) is 0 Å². The fourth-order valence-electron chi connectivity index (χ4n) is 3.12. The fourth-order valence-corrected chi connectivity index (χ4v) is 3.12. The van der Waals surface area contributed by atoms with Crippen molar-refractivity contribution in [3.05, 3.63) is 29.8 Å². The Labute approximate surface area is 171 Å². The quantitative estimate of drug-likeness (QED) is 0.284. The molecule has 0 radical (unpaired) electrons. The number of nitrogens with one attached hydrogen (secondary N) is 4. The molecule has 0 spiro atoms. The second-order valence-corrected chi connectivity index (χ2v) is 7.38. The van der Waals surface area contributed by atoms with Crippen LogP contribution in [0.3, 0.4) is 0 Å². The molecule has 2 fully saturated rings. The zero-order chi connectivity index (χ0) is 20.5. The van der Waals surface area contributed by atoms with Gasteiger partial charge < -0.3 is 26.0 Å². The first-order chi connectivity index (χ1) is 14.2. The molecule has 1 aromatic carbocycles. The first-order valence-corrected chi connectivity index (χ1v) is 10.5. The van der Waals surface area contributed by atoms with Gasteiger partial charge >= 0.3 is 0 Å². The van der Waals surface area contributed by atoms with Crippen molar-refractivity contribution in [2.45, 2.75) is 45.3 Å². The van der Waals surface area contributed by atoms with Crippen molar-refractivity contribution in [3.63, 3.8) is 0 Å². The zero-order valence-corrected chi connectivity index (χ0v) is 17.0. The average Bonchev–Trinajstić information content (AvgIpc) is 3.43. The summed E-state index contributed by atoms with van der Waals surface area (Å²) in [6.45, 7) is 5.07. The van der Waals surface area contributed by atoms with E-state index in [4.69, 9.17) is 4.74 Å². The van der Waals surface area contributed by atoms with E-state index in [9.17, 15) is 9.59 Å². The van der Waals surface area contributed by atoms with Gasteiger partial charge in [-0.3, -0.25) is 9.59 Å². The van der Waals surface area contributed by atoms with Gasteiger partial charge in [-0.05, 0) is 50.3 Å². The Hall–Kier alpha value is -2.61. The Morgan fingerprint density at radius 2 is 1.93 bits per heavy atom. The van der Waals surface area contributed by atoms with Crippen LogP contribution in [0.1, 0.15) is 38.2 Å². The molecule has 8 heteroatoms. The zero-order valence-electron chi connectivity index (χ0n) is 17.0. The lowest BCUT2D eigenvalue weighted by Crippen LogP contribution is -2.41. The third-order valence-electron chi connectivity index (χ3n) is 4.85. The van der Waals surface area contributed by atoms with E-state index in [2.05, 4.69) is 26.3 Å². The molecule has 1 unspecified atom stereocenters. The van der Waals surface area contributed by atoms with Gasteiger partial charge in [-0.25, -0.2) is 4.99 Å². The van der Waals surface area contributed by atoms with Crippen LogP contribution in [0, 0.1) is 5.92 Å². The molecule has 1 atom stereocenters. The van der Waals surface area contributed by atoms with E-state index < -0.39 is 0 Å². The van der Waals surface area contributed by atoms with Gasteiger partial charge in [0.15, 0.2) is 5.96 Å². The molecule has 1 aliphatic heterocycles. The SMILES string of the molecule is CCNC(=NCc1cccc(NC(=O)C2CCCO2)c1)NCCNC(=O)C1CC1. The highest BCUT2D eigenvalue weighted by Crippen LogP contribution is 2.28. The van der Waals surface area contributed by atoms with Crippen LogP contribution >= 0.6 is 0 Å². The van der Waals surface area contributed by atoms with Gasteiger partial charge in [-0.15, -0.1) is 0 Å². The summed E-state index contributed by atoms with van der Waals surface area (Å²) in [5, 5.41) is 12.3. The van der Waals surface area contributed by atoms with Crippen LogP contribution in [-0.4, -0.2) is 50.1 Å². The van der Waals surface area contributed by atoms with Crippen molar-refractivity contribution in [1.82, 2.24) is 16.0 Å². The normalized spacial score (nSPS) is 18.9. The van der Waals surface area contributed by atoms with E-state index in [1.54, 1.807) is 0 Å².